The predicted molar refractivity (Wildman–Crippen MR) is 55.5 cm³/mol. The first kappa shape index (κ1) is 15.8. The van der Waals surface area contributed by atoms with Crippen LogP contribution in [0.1, 0.15) is 33.1 Å². The minimum Gasteiger partial charge on any atom is -0.481 e. The van der Waals surface area contributed by atoms with E-state index in [0.29, 0.717) is 6.10 Å². The van der Waals surface area contributed by atoms with Crippen LogP contribution >= 0.6 is 0 Å². The fourth-order valence-corrected chi connectivity index (χ4v) is 0.887. The van der Waals surface area contributed by atoms with Gasteiger partial charge < -0.3 is 14.6 Å². The number of rotatable bonds is 6. The lowest BCUT2D eigenvalue weighted by atomic mass is 10.2. The van der Waals surface area contributed by atoms with E-state index in [0.717, 1.165) is 20.0 Å². The highest BCUT2D eigenvalue weighted by atomic mass is 16.5. The van der Waals surface area contributed by atoms with E-state index < -0.39 is 5.97 Å². The molecule has 0 aromatic rings. The third-order valence-corrected chi connectivity index (χ3v) is 1.57. The average molecular weight is 206 g/mol. The Balaban J connectivity index is 0. The quantitative estimate of drug-likeness (QED) is 0.721. The molecule has 0 aromatic heterocycles. The summed E-state index contributed by atoms with van der Waals surface area (Å²) in [6.45, 7) is 3.98. The number of hydrogen-bond acceptors (Lipinski definition) is 3. The number of ether oxygens (including phenoxy) is 2. The van der Waals surface area contributed by atoms with Gasteiger partial charge in [-0.25, -0.2) is 0 Å². The van der Waals surface area contributed by atoms with Crippen molar-refractivity contribution in [1.82, 2.24) is 0 Å². The molecule has 0 spiro atoms. The highest BCUT2D eigenvalue weighted by molar-refractivity contribution is 5.62. The zero-order valence-electron chi connectivity index (χ0n) is 9.58. The van der Waals surface area contributed by atoms with Crippen LogP contribution in [0, 0.1) is 0 Å². The third kappa shape index (κ3) is 17.5. The molecule has 0 saturated heterocycles. The molecule has 0 aliphatic carbocycles. The Labute approximate surface area is 86.2 Å². The Hall–Kier alpha value is -0.610. The van der Waals surface area contributed by atoms with E-state index in [1.807, 2.05) is 0 Å². The molecule has 0 radical (unpaired) electrons. The van der Waals surface area contributed by atoms with Gasteiger partial charge in [-0.2, -0.15) is 0 Å². The second kappa shape index (κ2) is 12.4. The lowest BCUT2D eigenvalue weighted by Gasteiger charge is -2.12. The van der Waals surface area contributed by atoms with E-state index >= 15 is 0 Å². The molecular weight excluding hydrogens is 184 g/mol. The molecule has 0 aliphatic heterocycles. The summed E-state index contributed by atoms with van der Waals surface area (Å²) in [6, 6.07) is 0. The van der Waals surface area contributed by atoms with Crippen molar-refractivity contribution in [3.63, 3.8) is 0 Å². The largest absolute Gasteiger partial charge is 0.481 e. The zero-order chi connectivity index (χ0) is 11.4. The van der Waals surface area contributed by atoms with Gasteiger partial charge in [-0.3, -0.25) is 4.79 Å². The number of unbranched alkanes of at least 4 members (excludes halogenated alkanes) is 1. The SMILES string of the molecule is CC(=O)O.CCCCC(COC)OC. The first-order valence-electron chi connectivity index (χ1n) is 4.79. The van der Waals surface area contributed by atoms with E-state index in [9.17, 15) is 0 Å². The summed E-state index contributed by atoms with van der Waals surface area (Å²) in [6.07, 6.45) is 3.86. The van der Waals surface area contributed by atoms with Crippen LogP contribution in [0.15, 0.2) is 0 Å². The van der Waals surface area contributed by atoms with Crippen molar-refractivity contribution in [2.75, 3.05) is 20.8 Å². The number of hydrogen-bond donors (Lipinski definition) is 1. The van der Waals surface area contributed by atoms with Crippen LogP contribution in [0.3, 0.4) is 0 Å². The monoisotopic (exact) mass is 206 g/mol. The number of carboxylic acids is 1. The van der Waals surface area contributed by atoms with Crippen molar-refractivity contribution < 1.29 is 19.4 Å². The Morgan fingerprint density at radius 2 is 1.93 bits per heavy atom. The molecule has 0 fully saturated rings. The summed E-state index contributed by atoms with van der Waals surface area (Å²) in [4.78, 5) is 9.00. The van der Waals surface area contributed by atoms with Gasteiger partial charge in [-0.05, 0) is 6.42 Å². The van der Waals surface area contributed by atoms with E-state index in [-0.39, 0.29) is 0 Å². The van der Waals surface area contributed by atoms with Crippen molar-refractivity contribution in [3.05, 3.63) is 0 Å². The van der Waals surface area contributed by atoms with Gasteiger partial charge in [0.2, 0.25) is 0 Å². The Bertz CT molecular complexity index is 121. The maximum atomic E-state index is 9.00. The molecule has 4 nitrogen and oxygen atoms in total. The molecule has 86 valence electrons. The highest BCUT2D eigenvalue weighted by Crippen LogP contribution is 2.03. The van der Waals surface area contributed by atoms with E-state index in [4.69, 9.17) is 19.4 Å². The number of carbonyl (C=O) groups is 1. The maximum absolute atomic E-state index is 9.00. The van der Waals surface area contributed by atoms with Crippen LogP contribution in [0.25, 0.3) is 0 Å². The molecule has 0 heterocycles. The van der Waals surface area contributed by atoms with Crippen molar-refractivity contribution in [2.24, 2.45) is 0 Å². The molecule has 0 rings (SSSR count). The van der Waals surface area contributed by atoms with Gasteiger partial charge in [0.1, 0.15) is 0 Å². The normalized spacial score (nSPS) is 11.4. The topological polar surface area (TPSA) is 55.8 Å². The van der Waals surface area contributed by atoms with Crippen LogP contribution in [-0.4, -0.2) is 38.0 Å². The van der Waals surface area contributed by atoms with Gasteiger partial charge in [0, 0.05) is 21.1 Å². The molecular formula is C10H22O4. The fourth-order valence-electron chi connectivity index (χ4n) is 0.887. The second-order valence-electron chi connectivity index (χ2n) is 2.97. The number of carboxylic acid groups (broad SMARTS) is 1. The van der Waals surface area contributed by atoms with Crippen LogP contribution in [-0.2, 0) is 14.3 Å². The Morgan fingerprint density at radius 3 is 2.21 bits per heavy atom. The van der Waals surface area contributed by atoms with Crippen LogP contribution in [0.4, 0.5) is 0 Å². The standard InChI is InChI=1S/C8H18O2.C2H4O2/c1-4-5-6-8(10-3)7-9-2;1-2(3)4/h8H,4-7H2,1-3H3;1H3,(H,3,4). The second-order valence-corrected chi connectivity index (χ2v) is 2.97. The lowest BCUT2D eigenvalue weighted by molar-refractivity contribution is -0.134. The molecule has 1 N–H and O–H groups in total. The summed E-state index contributed by atoms with van der Waals surface area (Å²) in [5.41, 5.74) is 0. The number of aliphatic carboxylic acids is 1. The molecule has 0 saturated carbocycles. The van der Waals surface area contributed by atoms with Gasteiger partial charge in [-0.15, -0.1) is 0 Å². The fraction of sp³-hybridized carbons (Fsp3) is 0.900. The van der Waals surface area contributed by atoms with Crippen molar-refractivity contribution in [1.29, 1.82) is 0 Å². The number of methoxy groups -OCH3 is 2. The van der Waals surface area contributed by atoms with Crippen molar-refractivity contribution in [2.45, 2.75) is 39.2 Å². The van der Waals surface area contributed by atoms with Crippen molar-refractivity contribution in [3.8, 4) is 0 Å². The molecule has 0 bridgehead atoms. The molecule has 4 heteroatoms. The summed E-state index contributed by atoms with van der Waals surface area (Å²) in [5.74, 6) is -0.833. The first-order valence-corrected chi connectivity index (χ1v) is 4.79. The van der Waals surface area contributed by atoms with Crippen LogP contribution in [0.5, 0.6) is 0 Å². The summed E-state index contributed by atoms with van der Waals surface area (Å²) in [7, 11) is 3.44. The van der Waals surface area contributed by atoms with E-state index in [2.05, 4.69) is 6.92 Å². The molecule has 0 aliphatic rings. The summed E-state index contributed by atoms with van der Waals surface area (Å²) >= 11 is 0. The molecule has 0 amide bonds. The van der Waals surface area contributed by atoms with Gasteiger partial charge in [0.15, 0.2) is 0 Å². The summed E-state index contributed by atoms with van der Waals surface area (Å²) in [5, 5.41) is 7.42. The third-order valence-electron chi connectivity index (χ3n) is 1.57. The smallest absolute Gasteiger partial charge is 0.300 e. The van der Waals surface area contributed by atoms with Crippen LogP contribution < -0.4 is 0 Å². The minimum atomic E-state index is -0.833. The lowest BCUT2D eigenvalue weighted by Crippen LogP contribution is -2.16. The maximum Gasteiger partial charge on any atom is 0.300 e. The van der Waals surface area contributed by atoms with E-state index in [1.165, 1.54) is 12.8 Å². The highest BCUT2D eigenvalue weighted by Gasteiger charge is 2.04. The van der Waals surface area contributed by atoms with Gasteiger partial charge in [0.25, 0.3) is 5.97 Å². The first-order chi connectivity index (χ1) is 6.58. The zero-order valence-corrected chi connectivity index (χ0v) is 9.58. The van der Waals surface area contributed by atoms with Gasteiger partial charge in [-0.1, -0.05) is 19.8 Å². The molecule has 1 atom stereocenters. The average Bonchev–Trinajstić information content (AvgIpc) is 2.11. The van der Waals surface area contributed by atoms with Crippen LogP contribution in [0.2, 0.25) is 0 Å². The minimum absolute atomic E-state index is 0.296. The Kier molecular flexibility index (Phi) is 14.0. The van der Waals surface area contributed by atoms with E-state index in [1.54, 1.807) is 14.2 Å². The Morgan fingerprint density at radius 1 is 1.43 bits per heavy atom. The molecule has 14 heavy (non-hydrogen) atoms. The van der Waals surface area contributed by atoms with Gasteiger partial charge in [0.05, 0.1) is 12.7 Å². The van der Waals surface area contributed by atoms with Crippen molar-refractivity contribution >= 4 is 5.97 Å². The summed E-state index contributed by atoms with van der Waals surface area (Å²) < 4.78 is 10.1. The molecule has 0 aromatic carbocycles. The molecule has 1 unspecified atom stereocenters. The predicted octanol–water partition coefficient (Wildman–Crippen LogP) is 1.93. The van der Waals surface area contributed by atoms with Gasteiger partial charge >= 0.3 is 0 Å².